The van der Waals surface area contributed by atoms with Crippen molar-refractivity contribution in [1.82, 2.24) is 14.8 Å². The molecule has 0 aromatic carbocycles. The van der Waals surface area contributed by atoms with Crippen molar-refractivity contribution in [3.8, 4) is 0 Å². The molecule has 1 fully saturated rings. The molecule has 0 bridgehead atoms. The van der Waals surface area contributed by atoms with Gasteiger partial charge in [0.1, 0.15) is 11.6 Å². The second kappa shape index (κ2) is 4.75. The summed E-state index contributed by atoms with van der Waals surface area (Å²) in [5, 5.41) is 8.39. The summed E-state index contributed by atoms with van der Waals surface area (Å²) in [6, 6.07) is 0. The highest BCUT2D eigenvalue weighted by Gasteiger charge is 2.19. The molecule has 4 heteroatoms. The molecule has 84 valence electrons. The molecule has 15 heavy (non-hydrogen) atoms. The lowest BCUT2D eigenvalue weighted by Gasteiger charge is -2.10. The molecule has 0 unspecified atom stereocenters. The Morgan fingerprint density at radius 3 is 2.53 bits per heavy atom. The monoisotopic (exact) mass is 208 g/mol. The molecule has 0 atom stereocenters. The van der Waals surface area contributed by atoms with E-state index in [1.165, 1.54) is 25.7 Å². The topological polar surface area (TPSA) is 56.7 Å². The smallest absolute Gasteiger partial charge is 0.146 e. The van der Waals surface area contributed by atoms with Crippen LogP contribution in [0.2, 0.25) is 0 Å². The maximum absolute atomic E-state index is 5.62. The van der Waals surface area contributed by atoms with Gasteiger partial charge in [-0.05, 0) is 12.8 Å². The predicted molar refractivity (Wildman–Crippen MR) is 59.2 cm³/mol. The average Bonchev–Trinajstić information content (AvgIpc) is 2.87. The SMILES string of the molecule is CCn1c(CN)nnc1CC1CCCC1. The molecule has 0 amide bonds. The van der Waals surface area contributed by atoms with Gasteiger partial charge in [0.25, 0.3) is 0 Å². The van der Waals surface area contributed by atoms with Crippen LogP contribution in [0, 0.1) is 5.92 Å². The first-order valence-electron chi connectivity index (χ1n) is 5.96. The Morgan fingerprint density at radius 2 is 1.93 bits per heavy atom. The molecule has 1 aromatic rings. The fourth-order valence-corrected chi connectivity index (χ4v) is 2.51. The Kier molecular flexibility index (Phi) is 3.36. The van der Waals surface area contributed by atoms with Crippen molar-refractivity contribution in [2.24, 2.45) is 11.7 Å². The number of hydrogen-bond donors (Lipinski definition) is 1. The van der Waals surface area contributed by atoms with Crippen LogP contribution in [0.5, 0.6) is 0 Å². The van der Waals surface area contributed by atoms with E-state index in [1.807, 2.05) is 0 Å². The summed E-state index contributed by atoms with van der Waals surface area (Å²) in [6.07, 6.45) is 6.56. The van der Waals surface area contributed by atoms with Gasteiger partial charge in [0.05, 0.1) is 6.54 Å². The predicted octanol–water partition coefficient (Wildman–Crippen LogP) is 1.49. The maximum atomic E-state index is 5.62. The number of hydrogen-bond acceptors (Lipinski definition) is 3. The minimum Gasteiger partial charge on any atom is -0.324 e. The Bertz CT molecular complexity index is 312. The lowest BCUT2D eigenvalue weighted by atomic mass is 10.0. The molecule has 2 N–H and O–H groups in total. The quantitative estimate of drug-likeness (QED) is 0.815. The Morgan fingerprint density at radius 1 is 1.27 bits per heavy atom. The number of rotatable bonds is 4. The molecule has 4 nitrogen and oxygen atoms in total. The van der Waals surface area contributed by atoms with Crippen LogP contribution in [0.1, 0.15) is 44.3 Å². The third kappa shape index (κ3) is 2.20. The normalized spacial score (nSPS) is 17.5. The fourth-order valence-electron chi connectivity index (χ4n) is 2.51. The average molecular weight is 208 g/mol. The molecule has 1 saturated carbocycles. The first kappa shape index (κ1) is 10.6. The molecule has 2 rings (SSSR count). The summed E-state index contributed by atoms with van der Waals surface area (Å²) >= 11 is 0. The summed E-state index contributed by atoms with van der Waals surface area (Å²) in [6.45, 7) is 3.55. The third-order valence-corrected chi connectivity index (χ3v) is 3.35. The molecule has 0 radical (unpaired) electrons. The molecule has 0 saturated heterocycles. The minimum atomic E-state index is 0.492. The molecular weight excluding hydrogens is 188 g/mol. The van der Waals surface area contributed by atoms with Crippen molar-refractivity contribution in [2.45, 2.75) is 52.1 Å². The first-order chi connectivity index (χ1) is 7.35. The lowest BCUT2D eigenvalue weighted by Crippen LogP contribution is -2.12. The highest BCUT2D eigenvalue weighted by molar-refractivity contribution is 4.97. The van der Waals surface area contributed by atoms with Gasteiger partial charge >= 0.3 is 0 Å². The summed E-state index contributed by atoms with van der Waals surface area (Å²) in [5.74, 6) is 2.88. The van der Waals surface area contributed by atoms with E-state index < -0.39 is 0 Å². The van der Waals surface area contributed by atoms with E-state index in [4.69, 9.17) is 5.73 Å². The zero-order chi connectivity index (χ0) is 10.7. The molecule has 0 aliphatic heterocycles. The van der Waals surface area contributed by atoms with E-state index in [0.29, 0.717) is 6.54 Å². The maximum Gasteiger partial charge on any atom is 0.146 e. The van der Waals surface area contributed by atoms with Gasteiger partial charge in [0.15, 0.2) is 0 Å². The Balaban J connectivity index is 2.09. The van der Waals surface area contributed by atoms with Crippen molar-refractivity contribution >= 4 is 0 Å². The van der Waals surface area contributed by atoms with E-state index >= 15 is 0 Å². The number of nitrogens with two attached hydrogens (primary N) is 1. The highest BCUT2D eigenvalue weighted by atomic mass is 15.3. The van der Waals surface area contributed by atoms with Crippen LogP contribution >= 0.6 is 0 Å². The van der Waals surface area contributed by atoms with E-state index in [-0.39, 0.29) is 0 Å². The molecule has 1 heterocycles. The fraction of sp³-hybridized carbons (Fsp3) is 0.818. The first-order valence-corrected chi connectivity index (χ1v) is 5.96. The second-order valence-corrected chi connectivity index (χ2v) is 4.34. The van der Waals surface area contributed by atoms with Crippen molar-refractivity contribution in [2.75, 3.05) is 0 Å². The molecule has 1 aromatic heterocycles. The summed E-state index contributed by atoms with van der Waals surface area (Å²) < 4.78 is 2.16. The number of aromatic nitrogens is 3. The largest absolute Gasteiger partial charge is 0.324 e. The standard InChI is InChI=1S/C11H20N4/c1-2-15-10(13-14-11(15)8-12)7-9-5-3-4-6-9/h9H,2-8,12H2,1H3. The van der Waals surface area contributed by atoms with Gasteiger partial charge in [-0.1, -0.05) is 25.7 Å². The molecule has 0 spiro atoms. The van der Waals surface area contributed by atoms with Crippen LogP contribution in [0.4, 0.5) is 0 Å². The van der Waals surface area contributed by atoms with Gasteiger partial charge in [0, 0.05) is 13.0 Å². The zero-order valence-electron chi connectivity index (χ0n) is 9.45. The Hall–Kier alpha value is -0.900. The van der Waals surface area contributed by atoms with Crippen LogP contribution in [-0.2, 0) is 19.5 Å². The van der Waals surface area contributed by atoms with Gasteiger partial charge in [-0.25, -0.2) is 0 Å². The minimum absolute atomic E-state index is 0.492. The van der Waals surface area contributed by atoms with E-state index in [2.05, 4.69) is 21.7 Å². The second-order valence-electron chi connectivity index (χ2n) is 4.34. The van der Waals surface area contributed by atoms with Crippen LogP contribution in [0.15, 0.2) is 0 Å². The molecule has 1 aliphatic rings. The third-order valence-electron chi connectivity index (χ3n) is 3.35. The van der Waals surface area contributed by atoms with E-state index in [0.717, 1.165) is 30.5 Å². The van der Waals surface area contributed by atoms with E-state index in [1.54, 1.807) is 0 Å². The Labute approximate surface area is 90.9 Å². The van der Waals surface area contributed by atoms with Crippen LogP contribution in [0.3, 0.4) is 0 Å². The lowest BCUT2D eigenvalue weighted by molar-refractivity contribution is 0.509. The molecular formula is C11H20N4. The summed E-state index contributed by atoms with van der Waals surface area (Å²) in [4.78, 5) is 0. The van der Waals surface area contributed by atoms with Crippen molar-refractivity contribution in [3.63, 3.8) is 0 Å². The van der Waals surface area contributed by atoms with Gasteiger partial charge < -0.3 is 10.3 Å². The van der Waals surface area contributed by atoms with Crippen LogP contribution < -0.4 is 5.73 Å². The van der Waals surface area contributed by atoms with E-state index in [9.17, 15) is 0 Å². The summed E-state index contributed by atoms with van der Waals surface area (Å²) in [5.41, 5.74) is 5.62. The highest BCUT2D eigenvalue weighted by Crippen LogP contribution is 2.27. The molecule has 1 aliphatic carbocycles. The van der Waals surface area contributed by atoms with Gasteiger partial charge in [-0.15, -0.1) is 10.2 Å². The van der Waals surface area contributed by atoms with Gasteiger partial charge in [-0.3, -0.25) is 0 Å². The van der Waals surface area contributed by atoms with Gasteiger partial charge in [0.2, 0.25) is 0 Å². The zero-order valence-corrected chi connectivity index (χ0v) is 9.45. The number of nitrogens with zero attached hydrogens (tertiary/aromatic N) is 3. The van der Waals surface area contributed by atoms with Crippen molar-refractivity contribution in [1.29, 1.82) is 0 Å². The van der Waals surface area contributed by atoms with Crippen molar-refractivity contribution in [3.05, 3.63) is 11.6 Å². The van der Waals surface area contributed by atoms with Gasteiger partial charge in [-0.2, -0.15) is 0 Å². The van der Waals surface area contributed by atoms with Crippen LogP contribution in [0.25, 0.3) is 0 Å². The summed E-state index contributed by atoms with van der Waals surface area (Å²) in [7, 11) is 0. The van der Waals surface area contributed by atoms with Crippen LogP contribution in [-0.4, -0.2) is 14.8 Å². The van der Waals surface area contributed by atoms with Crippen molar-refractivity contribution < 1.29 is 0 Å².